The molecule has 1 aliphatic rings. The second-order valence-electron chi connectivity index (χ2n) is 7.22. The second-order valence-corrected chi connectivity index (χ2v) is 7.66. The fourth-order valence-electron chi connectivity index (χ4n) is 3.68. The highest BCUT2D eigenvalue weighted by Gasteiger charge is 2.35. The number of methoxy groups -OCH3 is 1. The van der Waals surface area contributed by atoms with E-state index in [1.807, 2.05) is 6.07 Å². The fraction of sp³-hybridized carbons (Fsp3) is 0.227. The van der Waals surface area contributed by atoms with Gasteiger partial charge < -0.3 is 19.9 Å². The maximum atomic E-state index is 12.8. The number of rotatable bonds is 5. The van der Waals surface area contributed by atoms with Crippen LogP contribution in [0.5, 0.6) is 0 Å². The van der Waals surface area contributed by atoms with Crippen LogP contribution in [0.4, 0.5) is 11.4 Å². The summed E-state index contributed by atoms with van der Waals surface area (Å²) in [5, 5.41) is 4.29. The van der Waals surface area contributed by atoms with Crippen LogP contribution in [-0.4, -0.2) is 30.5 Å². The van der Waals surface area contributed by atoms with Gasteiger partial charge in [0, 0.05) is 47.9 Å². The van der Waals surface area contributed by atoms with Gasteiger partial charge in [0.1, 0.15) is 0 Å². The van der Waals surface area contributed by atoms with Crippen LogP contribution in [0.15, 0.2) is 53.3 Å². The lowest BCUT2D eigenvalue weighted by molar-refractivity contribution is -0.122. The smallest absolute Gasteiger partial charge is 0.248 e. The van der Waals surface area contributed by atoms with Crippen LogP contribution >= 0.6 is 11.6 Å². The zero-order valence-electron chi connectivity index (χ0n) is 16.3. The van der Waals surface area contributed by atoms with Gasteiger partial charge in [0.25, 0.3) is 0 Å². The van der Waals surface area contributed by atoms with Crippen molar-refractivity contribution in [3.05, 3.63) is 69.5 Å². The molecule has 0 radical (unpaired) electrons. The van der Waals surface area contributed by atoms with Crippen LogP contribution in [0.25, 0.3) is 10.9 Å². The number of nitrogens with one attached hydrogen (secondary N) is 2. The SMILES string of the molecule is COCc1cc(=O)[nH]c2cc(NC(=O)C3CC(=O)N(c4ccc(Cl)cc4)C3)ccc12. The predicted molar refractivity (Wildman–Crippen MR) is 116 cm³/mol. The number of aromatic nitrogens is 1. The minimum absolute atomic E-state index is 0.107. The van der Waals surface area contributed by atoms with Gasteiger partial charge in [-0.25, -0.2) is 0 Å². The standard InChI is InChI=1S/C22H20ClN3O4/c1-30-12-14-8-20(27)25-19-10-16(4-7-18(14)19)24-22(29)13-9-21(28)26(11-13)17-5-2-15(23)3-6-17/h2-8,10,13H,9,11-12H2,1H3,(H,24,29)(H,25,27). The molecule has 0 bridgehead atoms. The average molecular weight is 426 g/mol. The van der Waals surface area contributed by atoms with Crippen molar-refractivity contribution in [3.63, 3.8) is 0 Å². The molecule has 2 N–H and O–H groups in total. The van der Waals surface area contributed by atoms with E-state index in [1.165, 1.54) is 6.07 Å². The summed E-state index contributed by atoms with van der Waals surface area (Å²) in [5.41, 5.74) is 2.41. The number of anilines is 2. The highest BCUT2D eigenvalue weighted by atomic mass is 35.5. The summed E-state index contributed by atoms with van der Waals surface area (Å²) in [5.74, 6) is -0.818. The highest BCUT2D eigenvalue weighted by Crippen LogP contribution is 2.28. The summed E-state index contributed by atoms with van der Waals surface area (Å²) >= 11 is 5.91. The molecule has 4 rings (SSSR count). The zero-order chi connectivity index (χ0) is 21.3. The van der Waals surface area contributed by atoms with Gasteiger partial charge in [-0.1, -0.05) is 17.7 Å². The molecule has 2 amide bonds. The van der Waals surface area contributed by atoms with Gasteiger partial charge >= 0.3 is 0 Å². The van der Waals surface area contributed by atoms with E-state index < -0.39 is 5.92 Å². The molecule has 2 heterocycles. The van der Waals surface area contributed by atoms with Crippen LogP contribution < -0.4 is 15.8 Å². The minimum atomic E-state index is -0.470. The number of benzene rings is 2. The van der Waals surface area contributed by atoms with Crippen molar-refractivity contribution >= 4 is 45.7 Å². The number of fused-ring (bicyclic) bond motifs is 1. The molecular weight excluding hydrogens is 406 g/mol. The van der Waals surface area contributed by atoms with Crippen molar-refractivity contribution in [2.45, 2.75) is 13.0 Å². The summed E-state index contributed by atoms with van der Waals surface area (Å²) in [6.45, 7) is 0.617. The number of halogens is 1. The van der Waals surface area contributed by atoms with Crippen molar-refractivity contribution in [3.8, 4) is 0 Å². The predicted octanol–water partition coefficient (Wildman–Crippen LogP) is 3.32. The van der Waals surface area contributed by atoms with Crippen LogP contribution in [-0.2, 0) is 20.9 Å². The van der Waals surface area contributed by atoms with E-state index in [-0.39, 0.29) is 23.8 Å². The van der Waals surface area contributed by atoms with Gasteiger partial charge in [0.15, 0.2) is 0 Å². The van der Waals surface area contributed by atoms with Gasteiger partial charge in [0.2, 0.25) is 17.4 Å². The molecule has 7 nitrogen and oxygen atoms in total. The Bertz CT molecular complexity index is 1170. The van der Waals surface area contributed by atoms with E-state index in [1.54, 1.807) is 48.4 Å². The summed E-state index contributed by atoms with van der Waals surface area (Å²) in [6.07, 6.45) is 0.136. The molecule has 2 aromatic carbocycles. The summed E-state index contributed by atoms with van der Waals surface area (Å²) in [7, 11) is 1.57. The Balaban J connectivity index is 1.51. The van der Waals surface area contributed by atoms with Gasteiger partial charge in [-0.2, -0.15) is 0 Å². The Hall–Kier alpha value is -3.16. The number of aromatic amines is 1. The average Bonchev–Trinajstić information content (AvgIpc) is 3.10. The molecule has 30 heavy (non-hydrogen) atoms. The molecule has 154 valence electrons. The molecule has 1 unspecified atom stereocenters. The first-order valence-electron chi connectivity index (χ1n) is 9.46. The number of carbonyl (C=O) groups is 2. The van der Waals surface area contributed by atoms with E-state index in [9.17, 15) is 14.4 Å². The van der Waals surface area contributed by atoms with E-state index in [4.69, 9.17) is 16.3 Å². The molecule has 0 aliphatic carbocycles. The Morgan fingerprint density at radius 1 is 1.20 bits per heavy atom. The van der Waals surface area contributed by atoms with Crippen LogP contribution in [0.2, 0.25) is 5.02 Å². The van der Waals surface area contributed by atoms with Gasteiger partial charge in [-0.15, -0.1) is 0 Å². The maximum Gasteiger partial charge on any atom is 0.248 e. The molecule has 1 saturated heterocycles. The number of hydrogen-bond donors (Lipinski definition) is 2. The van der Waals surface area contributed by atoms with E-state index in [0.29, 0.717) is 35.1 Å². The van der Waals surface area contributed by atoms with Gasteiger partial charge in [0.05, 0.1) is 18.0 Å². The molecule has 1 aromatic heterocycles. The van der Waals surface area contributed by atoms with E-state index >= 15 is 0 Å². The molecular formula is C22H20ClN3O4. The Morgan fingerprint density at radius 3 is 2.70 bits per heavy atom. The molecule has 1 aliphatic heterocycles. The second kappa shape index (κ2) is 8.30. The minimum Gasteiger partial charge on any atom is -0.380 e. The van der Waals surface area contributed by atoms with E-state index in [2.05, 4.69) is 10.3 Å². The van der Waals surface area contributed by atoms with Crippen LogP contribution in [0.3, 0.4) is 0 Å². The first kappa shape index (κ1) is 20.1. The largest absolute Gasteiger partial charge is 0.380 e. The van der Waals surface area contributed by atoms with Crippen molar-refractivity contribution in [1.82, 2.24) is 4.98 Å². The lowest BCUT2D eigenvalue weighted by Gasteiger charge is -2.17. The van der Waals surface area contributed by atoms with Crippen molar-refractivity contribution in [2.75, 3.05) is 23.9 Å². The quantitative estimate of drug-likeness (QED) is 0.656. The number of ether oxygens (including phenoxy) is 1. The number of carbonyl (C=O) groups excluding carboxylic acids is 2. The molecule has 0 saturated carbocycles. The van der Waals surface area contributed by atoms with Crippen LogP contribution in [0.1, 0.15) is 12.0 Å². The monoisotopic (exact) mass is 425 g/mol. The molecule has 8 heteroatoms. The highest BCUT2D eigenvalue weighted by molar-refractivity contribution is 6.30. The summed E-state index contributed by atoms with van der Waals surface area (Å²) < 4.78 is 5.15. The topological polar surface area (TPSA) is 91.5 Å². The molecule has 3 aromatic rings. The first-order chi connectivity index (χ1) is 14.4. The number of H-pyrrole nitrogens is 1. The summed E-state index contributed by atoms with van der Waals surface area (Å²) in [6, 6.07) is 13.8. The van der Waals surface area contributed by atoms with Gasteiger partial charge in [-0.05, 0) is 42.0 Å². The Kier molecular flexibility index (Phi) is 5.57. The summed E-state index contributed by atoms with van der Waals surface area (Å²) in [4.78, 5) is 41.4. The van der Waals surface area contributed by atoms with Crippen LogP contribution in [0, 0.1) is 5.92 Å². The number of hydrogen-bond acceptors (Lipinski definition) is 4. The molecule has 1 fully saturated rings. The third-order valence-electron chi connectivity index (χ3n) is 5.13. The lowest BCUT2D eigenvalue weighted by Crippen LogP contribution is -2.28. The fourth-order valence-corrected chi connectivity index (χ4v) is 3.81. The Labute approximate surface area is 177 Å². The van der Waals surface area contributed by atoms with Crippen molar-refractivity contribution in [1.29, 1.82) is 0 Å². The Morgan fingerprint density at radius 2 is 1.97 bits per heavy atom. The van der Waals surface area contributed by atoms with Crippen molar-refractivity contribution in [2.24, 2.45) is 5.92 Å². The molecule has 1 atom stereocenters. The number of nitrogens with zero attached hydrogens (tertiary/aromatic N) is 1. The third-order valence-corrected chi connectivity index (χ3v) is 5.38. The van der Waals surface area contributed by atoms with Gasteiger partial charge in [-0.3, -0.25) is 14.4 Å². The maximum absolute atomic E-state index is 12.8. The zero-order valence-corrected chi connectivity index (χ0v) is 17.0. The molecule has 0 spiro atoms. The first-order valence-corrected chi connectivity index (χ1v) is 9.84. The number of amides is 2. The van der Waals surface area contributed by atoms with Crippen molar-refractivity contribution < 1.29 is 14.3 Å². The van der Waals surface area contributed by atoms with E-state index in [0.717, 1.165) is 10.9 Å². The third kappa shape index (κ3) is 4.08. The number of pyridine rings is 1. The normalized spacial score (nSPS) is 16.3. The lowest BCUT2D eigenvalue weighted by atomic mass is 10.1.